The second kappa shape index (κ2) is 7.32. The number of methoxy groups -OCH3 is 1. The van der Waals surface area contributed by atoms with Crippen LogP contribution in [0, 0.1) is 5.92 Å². The highest BCUT2D eigenvalue weighted by Gasteiger charge is 2.12. The Bertz CT molecular complexity index is 556. The van der Waals surface area contributed by atoms with Crippen molar-refractivity contribution in [1.29, 1.82) is 0 Å². The average molecular weight is 290 g/mol. The van der Waals surface area contributed by atoms with E-state index >= 15 is 0 Å². The van der Waals surface area contributed by atoms with Crippen LogP contribution in [0.3, 0.4) is 0 Å². The fraction of sp³-hybridized carbons (Fsp3) is 0.294. The summed E-state index contributed by atoms with van der Waals surface area (Å²) >= 11 is 6.03. The lowest BCUT2D eigenvalue weighted by atomic mass is 9.92. The largest absolute Gasteiger partial charge is 0.496 e. The van der Waals surface area contributed by atoms with Crippen molar-refractivity contribution in [3.8, 4) is 5.75 Å². The van der Waals surface area contributed by atoms with E-state index in [1.807, 2.05) is 36.4 Å². The zero-order valence-corrected chi connectivity index (χ0v) is 12.4. The monoisotopic (exact) mass is 289 g/mol. The van der Waals surface area contributed by atoms with Crippen LogP contribution in [0.25, 0.3) is 0 Å². The minimum Gasteiger partial charge on any atom is -0.496 e. The summed E-state index contributed by atoms with van der Waals surface area (Å²) in [5.74, 6) is 1.31. The minimum atomic E-state index is 0.379. The molecule has 0 fully saturated rings. The first-order chi connectivity index (χ1) is 9.72. The number of hydrogen-bond donors (Lipinski definition) is 1. The fourth-order valence-electron chi connectivity index (χ4n) is 2.42. The molecule has 0 radical (unpaired) electrons. The molecule has 20 heavy (non-hydrogen) atoms. The maximum absolute atomic E-state index is 6.03. The van der Waals surface area contributed by atoms with Crippen LogP contribution < -0.4 is 10.5 Å². The van der Waals surface area contributed by atoms with Gasteiger partial charge in [-0.05, 0) is 54.6 Å². The summed E-state index contributed by atoms with van der Waals surface area (Å²) in [6.45, 7) is 0.643. The van der Waals surface area contributed by atoms with Crippen LogP contribution in [0.15, 0.2) is 48.5 Å². The van der Waals surface area contributed by atoms with Crippen molar-refractivity contribution < 1.29 is 4.74 Å². The van der Waals surface area contributed by atoms with Gasteiger partial charge in [-0.2, -0.15) is 0 Å². The van der Waals surface area contributed by atoms with Gasteiger partial charge in [0.05, 0.1) is 7.11 Å². The van der Waals surface area contributed by atoms with Crippen LogP contribution in [0.2, 0.25) is 5.02 Å². The van der Waals surface area contributed by atoms with Gasteiger partial charge in [0.15, 0.2) is 0 Å². The van der Waals surface area contributed by atoms with Crippen LogP contribution in [0.1, 0.15) is 11.1 Å². The van der Waals surface area contributed by atoms with Crippen molar-refractivity contribution >= 4 is 11.6 Å². The topological polar surface area (TPSA) is 35.2 Å². The molecule has 2 rings (SSSR count). The normalized spacial score (nSPS) is 12.2. The number of benzene rings is 2. The zero-order valence-electron chi connectivity index (χ0n) is 11.7. The van der Waals surface area contributed by atoms with Gasteiger partial charge in [0.2, 0.25) is 0 Å². The van der Waals surface area contributed by atoms with Gasteiger partial charge in [-0.15, -0.1) is 0 Å². The molecule has 0 aliphatic heterocycles. The molecule has 0 saturated carbocycles. The second-order valence-corrected chi connectivity index (χ2v) is 5.39. The van der Waals surface area contributed by atoms with E-state index in [-0.39, 0.29) is 0 Å². The maximum Gasteiger partial charge on any atom is 0.122 e. The van der Waals surface area contributed by atoms with Crippen molar-refractivity contribution in [1.82, 2.24) is 0 Å². The molecule has 2 nitrogen and oxygen atoms in total. The molecule has 0 spiro atoms. The Morgan fingerprint density at radius 1 is 1.10 bits per heavy atom. The number of rotatable bonds is 6. The zero-order chi connectivity index (χ0) is 14.4. The molecule has 0 amide bonds. The van der Waals surface area contributed by atoms with Crippen molar-refractivity contribution in [2.24, 2.45) is 11.7 Å². The lowest BCUT2D eigenvalue weighted by molar-refractivity contribution is 0.404. The van der Waals surface area contributed by atoms with Gasteiger partial charge in [-0.25, -0.2) is 0 Å². The molecule has 3 heteroatoms. The lowest BCUT2D eigenvalue weighted by Gasteiger charge is -2.17. The molecule has 106 valence electrons. The third-order valence-corrected chi connectivity index (χ3v) is 3.68. The summed E-state index contributed by atoms with van der Waals surface area (Å²) < 4.78 is 5.40. The molecule has 2 aromatic carbocycles. The molecule has 0 heterocycles. The van der Waals surface area contributed by atoms with Crippen molar-refractivity contribution in [3.63, 3.8) is 0 Å². The second-order valence-electron chi connectivity index (χ2n) is 4.95. The number of ether oxygens (including phenoxy) is 1. The summed E-state index contributed by atoms with van der Waals surface area (Å²) in [7, 11) is 1.70. The first-order valence-electron chi connectivity index (χ1n) is 6.79. The van der Waals surface area contributed by atoms with E-state index in [1.165, 1.54) is 11.1 Å². The van der Waals surface area contributed by atoms with E-state index in [2.05, 4.69) is 12.1 Å². The van der Waals surface area contributed by atoms with Crippen LogP contribution in [0.4, 0.5) is 0 Å². The first-order valence-corrected chi connectivity index (χ1v) is 7.17. The summed E-state index contributed by atoms with van der Waals surface area (Å²) in [5.41, 5.74) is 8.35. The number of para-hydroxylation sites is 1. The molecule has 1 atom stereocenters. The van der Waals surface area contributed by atoms with Crippen LogP contribution in [0.5, 0.6) is 5.75 Å². The molecule has 0 saturated heterocycles. The number of halogens is 1. The Labute approximate surface area is 125 Å². The third kappa shape index (κ3) is 3.99. The molecule has 0 aromatic heterocycles. The van der Waals surface area contributed by atoms with Gasteiger partial charge in [0, 0.05) is 5.02 Å². The SMILES string of the molecule is COc1ccccc1CC(CN)Cc1cccc(Cl)c1. The molecule has 2 aromatic rings. The molecular formula is C17H20ClNO. The Hall–Kier alpha value is -1.51. The standard InChI is InChI=1S/C17H20ClNO/c1-20-17-8-3-2-6-15(17)10-14(12-19)9-13-5-4-7-16(18)11-13/h2-8,11,14H,9-10,12,19H2,1H3. The van der Waals surface area contributed by atoms with Crippen LogP contribution in [-0.4, -0.2) is 13.7 Å². The quantitative estimate of drug-likeness (QED) is 0.880. The Morgan fingerprint density at radius 3 is 2.60 bits per heavy atom. The molecule has 0 aliphatic rings. The predicted molar refractivity (Wildman–Crippen MR) is 84.4 cm³/mol. The van der Waals surface area contributed by atoms with Crippen LogP contribution in [-0.2, 0) is 12.8 Å². The van der Waals surface area contributed by atoms with E-state index < -0.39 is 0 Å². The fourth-order valence-corrected chi connectivity index (χ4v) is 2.63. The molecule has 0 bridgehead atoms. The lowest BCUT2D eigenvalue weighted by Crippen LogP contribution is -2.19. The molecule has 2 N–H and O–H groups in total. The van der Waals surface area contributed by atoms with Crippen molar-refractivity contribution in [2.45, 2.75) is 12.8 Å². The number of nitrogens with two attached hydrogens (primary N) is 1. The van der Waals surface area contributed by atoms with Gasteiger partial charge in [-0.3, -0.25) is 0 Å². The maximum atomic E-state index is 6.03. The highest BCUT2D eigenvalue weighted by atomic mass is 35.5. The van der Waals surface area contributed by atoms with Crippen LogP contribution >= 0.6 is 11.6 Å². The predicted octanol–water partition coefficient (Wildman–Crippen LogP) is 3.71. The summed E-state index contributed by atoms with van der Waals surface area (Å²) in [6, 6.07) is 16.1. The Morgan fingerprint density at radius 2 is 1.90 bits per heavy atom. The Kier molecular flexibility index (Phi) is 5.45. The van der Waals surface area contributed by atoms with E-state index in [0.29, 0.717) is 12.5 Å². The first kappa shape index (κ1) is 14.9. The average Bonchev–Trinajstić information content (AvgIpc) is 2.47. The highest BCUT2D eigenvalue weighted by molar-refractivity contribution is 6.30. The summed E-state index contributed by atoms with van der Waals surface area (Å²) in [4.78, 5) is 0. The molecule has 0 aliphatic carbocycles. The summed E-state index contributed by atoms with van der Waals surface area (Å²) in [6.07, 6.45) is 1.84. The van der Waals surface area contributed by atoms with E-state index in [9.17, 15) is 0 Å². The van der Waals surface area contributed by atoms with Gasteiger partial charge in [0.1, 0.15) is 5.75 Å². The molecule has 1 unspecified atom stereocenters. The van der Waals surface area contributed by atoms with E-state index in [0.717, 1.165) is 23.6 Å². The number of hydrogen-bond acceptors (Lipinski definition) is 2. The van der Waals surface area contributed by atoms with Gasteiger partial charge < -0.3 is 10.5 Å². The van der Waals surface area contributed by atoms with E-state index in [1.54, 1.807) is 7.11 Å². The third-order valence-electron chi connectivity index (χ3n) is 3.45. The van der Waals surface area contributed by atoms with Gasteiger partial charge in [-0.1, -0.05) is 41.9 Å². The smallest absolute Gasteiger partial charge is 0.122 e. The van der Waals surface area contributed by atoms with Crippen molar-refractivity contribution in [3.05, 3.63) is 64.7 Å². The summed E-state index contributed by atoms with van der Waals surface area (Å²) in [5, 5.41) is 0.774. The molecular weight excluding hydrogens is 270 g/mol. The van der Waals surface area contributed by atoms with Gasteiger partial charge in [0.25, 0.3) is 0 Å². The van der Waals surface area contributed by atoms with E-state index in [4.69, 9.17) is 22.1 Å². The highest BCUT2D eigenvalue weighted by Crippen LogP contribution is 2.23. The minimum absolute atomic E-state index is 0.379. The Balaban J connectivity index is 2.09. The van der Waals surface area contributed by atoms with Crippen molar-refractivity contribution in [2.75, 3.05) is 13.7 Å². The van der Waals surface area contributed by atoms with Gasteiger partial charge >= 0.3 is 0 Å².